The summed E-state index contributed by atoms with van der Waals surface area (Å²) in [6.45, 7) is 6.34. The van der Waals surface area contributed by atoms with Crippen LogP contribution in [0.3, 0.4) is 0 Å². The average Bonchev–Trinajstić information content (AvgIpc) is 2.99. The van der Waals surface area contributed by atoms with Crippen LogP contribution in [0, 0.1) is 6.92 Å². The first-order valence-electron chi connectivity index (χ1n) is 7.79. The highest BCUT2D eigenvalue weighted by atomic mass is 32.1. The van der Waals surface area contributed by atoms with Gasteiger partial charge in [0.25, 0.3) is 0 Å². The van der Waals surface area contributed by atoms with Crippen molar-refractivity contribution < 1.29 is 4.74 Å². The van der Waals surface area contributed by atoms with Crippen LogP contribution in [-0.4, -0.2) is 24.6 Å². The van der Waals surface area contributed by atoms with Gasteiger partial charge in [0.15, 0.2) is 5.96 Å². The van der Waals surface area contributed by atoms with E-state index in [4.69, 9.17) is 4.74 Å². The molecule has 0 radical (unpaired) electrons. The third-order valence-corrected chi connectivity index (χ3v) is 4.16. The molecule has 6 heteroatoms. The van der Waals surface area contributed by atoms with Gasteiger partial charge in [0, 0.05) is 35.6 Å². The van der Waals surface area contributed by atoms with Gasteiger partial charge in [-0.05, 0) is 31.0 Å². The fourth-order valence-electron chi connectivity index (χ4n) is 1.96. The number of ether oxygens (including phenoxy) is 1. The Hall–Kier alpha value is -2.08. The van der Waals surface area contributed by atoms with Gasteiger partial charge < -0.3 is 15.4 Å². The Morgan fingerprint density at radius 2 is 2.04 bits per heavy atom. The molecule has 5 nitrogen and oxygen atoms in total. The van der Waals surface area contributed by atoms with Crippen LogP contribution < -0.4 is 15.4 Å². The molecule has 0 aromatic carbocycles. The lowest BCUT2D eigenvalue weighted by Gasteiger charge is -2.11. The molecule has 2 N–H and O–H groups in total. The van der Waals surface area contributed by atoms with Crippen LogP contribution in [0.1, 0.15) is 28.7 Å². The Bertz CT molecular complexity index is 622. The number of hydrogen-bond donors (Lipinski definition) is 2. The van der Waals surface area contributed by atoms with Crippen LogP contribution in [0.5, 0.6) is 5.88 Å². The number of pyridine rings is 1. The predicted octanol–water partition coefficient (Wildman–Crippen LogP) is 3.11. The highest BCUT2D eigenvalue weighted by Crippen LogP contribution is 2.14. The molecule has 2 aromatic rings. The molecule has 0 saturated heterocycles. The summed E-state index contributed by atoms with van der Waals surface area (Å²) in [5, 5.41) is 6.60. The third-order valence-electron chi connectivity index (χ3n) is 3.16. The third kappa shape index (κ3) is 5.90. The van der Waals surface area contributed by atoms with E-state index in [0.29, 0.717) is 19.0 Å². The first kappa shape index (κ1) is 17.3. The fraction of sp³-hybridized carbons (Fsp3) is 0.412. The Balaban J connectivity index is 1.78. The number of aliphatic imine (C=N–C) groups is 1. The number of nitrogens with one attached hydrogen (secondary N) is 2. The summed E-state index contributed by atoms with van der Waals surface area (Å²) in [7, 11) is 1.77. The van der Waals surface area contributed by atoms with Crippen molar-refractivity contribution in [2.45, 2.75) is 33.4 Å². The second-order valence-electron chi connectivity index (χ2n) is 5.14. The summed E-state index contributed by atoms with van der Waals surface area (Å²) in [6.07, 6.45) is 2.81. The van der Waals surface area contributed by atoms with E-state index in [0.717, 1.165) is 24.5 Å². The van der Waals surface area contributed by atoms with E-state index in [9.17, 15) is 0 Å². The first-order chi connectivity index (χ1) is 11.2. The molecule has 0 aliphatic heterocycles. The summed E-state index contributed by atoms with van der Waals surface area (Å²) >= 11 is 1.79. The van der Waals surface area contributed by atoms with Crippen molar-refractivity contribution in [1.29, 1.82) is 0 Å². The van der Waals surface area contributed by atoms with Crippen LogP contribution in [0.2, 0.25) is 0 Å². The van der Waals surface area contributed by atoms with Gasteiger partial charge in [-0.3, -0.25) is 4.99 Å². The molecule has 0 saturated carbocycles. The standard InChI is InChI=1S/C17H24N4OS/c1-4-9-22-16-8-6-14(10-19-16)11-20-17(18-3)21-12-15-7-5-13(2)23-15/h5-8,10H,4,9,11-12H2,1-3H3,(H2,18,20,21). The molecule has 0 aliphatic rings. The van der Waals surface area contributed by atoms with Crippen molar-refractivity contribution in [3.05, 3.63) is 45.8 Å². The van der Waals surface area contributed by atoms with Crippen LogP contribution >= 0.6 is 11.3 Å². The topological polar surface area (TPSA) is 58.5 Å². The number of guanidine groups is 1. The Morgan fingerprint density at radius 1 is 1.22 bits per heavy atom. The van der Waals surface area contributed by atoms with Crippen LogP contribution in [-0.2, 0) is 13.1 Å². The zero-order valence-electron chi connectivity index (χ0n) is 13.9. The quantitative estimate of drug-likeness (QED) is 0.604. The molecule has 0 spiro atoms. The molecule has 0 bridgehead atoms. The summed E-state index contributed by atoms with van der Waals surface area (Å²) in [5.74, 6) is 1.45. The minimum Gasteiger partial charge on any atom is -0.478 e. The van der Waals surface area contributed by atoms with E-state index in [-0.39, 0.29) is 0 Å². The molecule has 2 heterocycles. The van der Waals surface area contributed by atoms with Crippen LogP contribution in [0.15, 0.2) is 35.5 Å². The lowest BCUT2D eigenvalue weighted by atomic mass is 10.3. The summed E-state index contributed by atoms with van der Waals surface area (Å²) in [6, 6.07) is 8.18. The van der Waals surface area contributed by atoms with Gasteiger partial charge in [-0.25, -0.2) is 4.98 Å². The largest absolute Gasteiger partial charge is 0.478 e. The van der Waals surface area contributed by atoms with Crippen molar-refractivity contribution in [1.82, 2.24) is 15.6 Å². The molecular weight excluding hydrogens is 308 g/mol. The SMILES string of the molecule is CCCOc1ccc(CNC(=NC)NCc2ccc(C)s2)cn1. The summed E-state index contributed by atoms with van der Waals surface area (Å²) in [5.41, 5.74) is 1.09. The monoisotopic (exact) mass is 332 g/mol. The summed E-state index contributed by atoms with van der Waals surface area (Å²) < 4.78 is 5.48. The Labute approximate surface area is 141 Å². The number of aryl methyl sites for hydroxylation is 1. The zero-order chi connectivity index (χ0) is 16.5. The molecular formula is C17H24N4OS. The average molecular weight is 332 g/mol. The van der Waals surface area contributed by atoms with Crippen molar-refractivity contribution in [3.63, 3.8) is 0 Å². The van der Waals surface area contributed by atoms with Gasteiger partial charge >= 0.3 is 0 Å². The molecule has 2 aromatic heterocycles. The van der Waals surface area contributed by atoms with Gasteiger partial charge in [-0.2, -0.15) is 0 Å². The molecule has 124 valence electrons. The molecule has 0 aliphatic carbocycles. The van der Waals surface area contributed by atoms with Gasteiger partial charge in [-0.15, -0.1) is 11.3 Å². The lowest BCUT2D eigenvalue weighted by molar-refractivity contribution is 0.305. The Kier molecular flexibility index (Phi) is 6.87. The molecule has 23 heavy (non-hydrogen) atoms. The van der Waals surface area contributed by atoms with E-state index in [1.165, 1.54) is 9.75 Å². The predicted molar refractivity (Wildman–Crippen MR) is 96.1 cm³/mol. The number of hydrogen-bond acceptors (Lipinski definition) is 4. The number of rotatable bonds is 7. The van der Waals surface area contributed by atoms with Crippen LogP contribution in [0.4, 0.5) is 0 Å². The van der Waals surface area contributed by atoms with E-state index in [1.54, 1.807) is 18.4 Å². The summed E-state index contributed by atoms with van der Waals surface area (Å²) in [4.78, 5) is 11.1. The van der Waals surface area contributed by atoms with E-state index in [1.807, 2.05) is 18.3 Å². The van der Waals surface area contributed by atoms with Gasteiger partial charge in [0.2, 0.25) is 5.88 Å². The number of nitrogens with zero attached hydrogens (tertiary/aromatic N) is 2. The maximum atomic E-state index is 5.48. The number of thiophene rings is 1. The highest BCUT2D eigenvalue weighted by Gasteiger charge is 2.02. The number of aromatic nitrogens is 1. The van der Waals surface area contributed by atoms with E-state index in [2.05, 4.69) is 46.6 Å². The van der Waals surface area contributed by atoms with Gasteiger partial charge in [0.1, 0.15) is 0 Å². The molecule has 0 atom stereocenters. The zero-order valence-corrected chi connectivity index (χ0v) is 14.7. The maximum Gasteiger partial charge on any atom is 0.213 e. The van der Waals surface area contributed by atoms with Gasteiger partial charge in [0.05, 0.1) is 13.2 Å². The highest BCUT2D eigenvalue weighted by molar-refractivity contribution is 7.11. The second-order valence-corrected chi connectivity index (χ2v) is 6.52. The molecule has 0 amide bonds. The minimum absolute atomic E-state index is 0.671. The molecule has 2 rings (SSSR count). The van der Waals surface area contributed by atoms with Crippen molar-refractivity contribution >= 4 is 17.3 Å². The lowest BCUT2D eigenvalue weighted by Crippen LogP contribution is -2.36. The fourth-order valence-corrected chi connectivity index (χ4v) is 2.79. The first-order valence-corrected chi connectivity index (χ1v) is 8.60. The molecule has 0 unspecified atom stereocenters. The normalized spacial score (nSPS) is 11.3. The van der Waals surface area contributed by atoms with Gasteiger partial charge in [-0.1, -0.05) is 13.0 Å². The molecule has 0 fully saturated rings. The minimum atomic E-state index is 0.671. The Morgan fingerprint density at radius 3 is 2.65 bits per heavy atom. The smallest absolute Gasteiger partial charge is 0.213 e. The van der Waals surface area contributed by atoms with Crippen LogP contribution in [0.25, 0.3) is 0 Å². The maximum absolute atomic E-state index is 5.48. The van der Waals surface area contributed by atoms with Crippen molar-refractivity contribution in [2.24, 2.45) is 4.99 Å². The van der Waals surface area contributed by atoms with E-state index < -0.39 is 0 Å². The second kappa shape index (κ2) is 9.15. The van der Waals surface area contributed by atoms with E-state index >= 15 is 0 Å². The van der Waals surface area contributed by atoms with Crippen molar-refractivity contribution in [2.75, 3.05) is 13.7 Å². The van der Waals surface area contributed by atoms with Crippen molar-refractivity contribution in [3.8, 4) is 5.88 Å².